The molecule has 0 aromatic heterocycles. The maximum Gasteiger partial charge on any atom is 0.325 e. The van der Waals surface area contributed by atoms with Gasteiger partial charge in [-0.25, -0.2) is 4.79 Å². The van der Waals surface area contributed by atoms with Crippen molar-refractivity contribution in [2.45, 2.75) is 56.5 Å². The van der Waals surface area contributed by atoms with Gasteiger partial charge in [-0.15, -0.1) is 12.4 Å². The summed E-state index contributed by atoms with van der Waals surface area (Å²) in [5.41, 5.74) is 5.13. The van der Waals surface area contributed by atoms with Gasteiger partial charge in [-0.05, 0) is 25.7 Å². The molecule has 3 N–H and O–H groups in total. The van der Waals surface area contributed by atoms with Crippen LogP contribution < -0.4 is 11.1 Å². The molecule has 3 fully saturated rings. The molecule has 2 heterocycles. The molecule has 1 atom stereocenters. The lowest BCUT2D eigenvalue weighted by molar-refractivity contribution is -0.140. The van der Waals surface area contributed by atoms with Gasteiger partial charge in [0.25, 0.3) is 5.91 Å². The number of carbonyl (C=O) groups is 3. The van der Waals surface area contributed by atoms with E-state index in [2.05, 4.69) is 5.32 Å². The summed E-state index contributed by atoms with van der Waals surface area (Å²) in [6.45, 7) is 0.994. The van der Waals surface area contributed by atoms with Crippen LogP contribution in [0.25, 0.3) is 0 Å². The minimum absolute atomic E-state index is 0. The number of amides is 4. The lowest BCUT2D eigenvalue weighted by atomic mass is 9.82. The Morgan fingerprint density at radius 2 is 1.91 bits per heavy atom. The van der Waals surface area contributed by atoms with Crippen molar-refractivity contribution in [1.82, 2.24) is 15.1 Å². The van der Waals surface area contributed by atoms with Crippen LogP contribution in [0.15, 0.2) is 0 Å². The molecule has 8 heteroatoms. The van der Waals surface area contributed by atoms with Crippen molar-refractivity contribution in [3.05, 3.63) is 0 Å². The molecule has 1 unspecified atom stereocenters. The van der Waals surface area contributed by atoms with E-state index < -0.39 is 11.6 Å². The molecule has 3 rings (SSSR count). The number of halogens is 1. The van der Waals surface area contributed by atoms with Crippen LogP contribution in [0.4, 0.5) is 4.79 Å². The number of nitrogens with one attached hydrogen (secondary N) is 1. The molecule has 2 aliphatic heterocycles. The fourth-order valence-corrected chi connectivity index (χ4v) is 3.79. The number of hydrogen-bond acceptors (Lipinski definition) is 4. The molecular weight excluding hydrogens is 320 g/mol. The Balaban J connectivity index is 0.00000192. The third kappa shape index (κ3) is 3.45. The molecule has 7 nitrogen and oxygen atoms in total. The standard InChI is InChI=1S/C15H24N4O3.ClH/c16-11-5-4-8-18(9-11)12(20)10-19-13(21)15(17-14(19)22)6-2-1-3-7-15;/h11H,1-10,16H2,(H,17,22);1H. The first kappa shape index (κ1) is 18.0. The van der Waals surface area contributed by atoms with Gasteiger partial charge in [-0.2, -0.15) is 0 Å². The maximum atomic E-state index is 12.6. The molecule has 0 radical (unpaired) electrons. The van der Waals surface area contributed by atoms with Gasteiger partial charge in [0.15, 0.2) is 0 Å². The second kappa shape index (κ2) is 7.05. The molecule has 0 bridgehead atoms. The van der Waals surface area contributed by atoms with Crippen LogP contribution in [-0.2, 0) is 9.59 Å². The number of urea groups is 1. The second-order valence-corrected chi connectivity index (χ2v) is 6.71. The molecule has 0 aromatic rings. The first-order chi connectivity index (χ1) is 10.5. The largest absolute Gasteiger partial charge is 0.340 e. The molecule has 130 valence electrons. The predicted octanol–water partition coefficient (Wildman–Crippen LogP) is 0.613. The van der Waals surface area contributed by atoms with Gasteiger partial charge in [0.05, 0.1) is 0 Å². The van der Waals surface area contributed by atoms with Crippen molar-refractivity contribution in [3.8, 4) is 0 Å². The molecule has 0 aromatic carbocycles. The van der Waals surface area contributed by atoms with Crippen molar-refractivity contribution in [3.63, 3.8) is 0 Å². The van der Waals surface area contributed by atoms with E-state index in [9.17, 15) is 14.4 Å². The number of nitrogens with zero attached hydrogens (tertiary/aromatic N) is 2. The molecule has 4 amide bonds. The average Bonchev–Trinajstić information content (AvgIpc) is 2.72. The number of piperidine rings is 1. The third-order valence-corrected chi connectivity index (χ3v) is 5.06. The van der Waals surface area contributed by atoms with Crippen molar-refractivity contribution in [2.24, 2.45) is 5.73 Å². The fraction of sp³-hybridized carbons (Fsp3) is 0.800. The van der Waals surface area contributed by atoms with E-state index >= 15 is 0 Å². The highest BCUT2D eigenvalue weighted by Crippen LogP contribution is 2.33. The quantitative estimate of drug-likeness (QED) is 0.717. The van der Waals surface area contributed by atoms with Crippen LogP contribution >= 0.6 is 12.4 Å². The number of likely N-dealkylation sites (tertiary alicyclic amines) is 1. The maximum absolute atomic E-state index is 12.6. The second-order valence-electron chi connectivity index (χ2n) is 6.71. The summed E-state index contributed by atoms with van der Waals surface area (Å²) in [6.07, 6.45) is 6.11. The third-order valence-electron chi connectivity index (χ3n) is 5.06. The number of imide groups is 1. The molecular formula is C15H25ClN4O3. The van der Waals surface area contributed by atoms with Crippen molar-refractivity contribution < 1.29 is 14.4 Å². The number of hydrogen-bond donors (Lipinski definition) is 2. The smallest absolute Gasteiger partial charge is 0.325 e. The van der Waals surface area contributed by atoms with Gasteiger partial charge < -0.3 is 16.0 Å². The highest BCUT2D eigenvalue weighted by atomic mass is 35.5. The first-order valence-electron chi connectivity index (χ1n) is 8.19. The van der Waals surface area contributed by atoms with Gasteiger partial charge in [-0.3, -0.25) is 14.5 Å². The van der Waals surface area contributed by atoms with Crippen LogP contribution in [0, 0.1) is 0 Å². The Morgan fingerprint density at radius 1 is 1.22 bits per heavy atom. The molecule has 2 saturated heterocycles. The van der Waals surface area contributed by atoms with Crippen LogP contribution in [0.1, 0.15) is 44.9 Å². The van der Waals surface area contributed by atoms with Gasteiger partial charge in [0.2, 0.25) is 5.91 Å². The van der Waals surface area contributed by atoms with E-state index in [1.807, 2.05) is 0 Å². The average molecular weight is 345 g/mol. The molecule has 1 aliphatic carbocycles. The normalized spacial score (nSPS) is 26.9. The lowest BCUT2D eigenvalue weighted by Gasteiger charge is -2.32. The monoisotopic (exact) mass is 344 g/mol. The van der Waals surface area contributed by atoms with E-state index in [1.165, 1.54) is 0 Å². The number of carbonyl (C=O) groups excluding carboxylic acids is 3. The van der Waals surface area contributed by atoms with Crippen LogP contribution in [0.2, 0.25) is 0 Å². The van der Waals surface area contributed by atoms with Gasteiger partial charge in [0, 0.05) is 19.1 Å². The molecule has 3 aliphatic rings. The van der Waals surface area contributed by atoms with Gasteiger partial charge >= 0.3 is 6.03 Å². The zero-order chi connectivity index (χ0) is 15.7. The number of rotatable bonds is 2. The van der Waals surface area contributed by atoms with E-state index in [-0.39, 0.29) is 36.8 Å². The Kier molecular flexibility index (Phi) is 5.52. The molecule has 23 heavy (non-hydrogen) atoms. The highest BCUT2D eigenvalue weighted by molar-refractivity contribution is 6.09. The van der Waals surface area contributed by atoms with Gasteiger partial charge in [0.1, 0.15) is 12.1 Å². The predicted molar refractivity (Wildman–Crippen MR) is 87.1 cm³/mol. The molecule has 1 spiro atoms. The summed E-state index contributed by atoms with van der Waals surface area (Å²) in [5, 5.41) is 2.83. The van der Waals surface area contributed by atoms with Crippen molar-refractivity contribution in [1.29, 1.82) is 0 Å². The molecule has 1 saturated carbocycles. The van der Waals surface area contributed by atoms with Gasteiger partial charge in [-0.1, -0.05) is 19.3 Å². The Labute approximate surface area is 142 Å². The Morgan fingerprint density at radius 3 is 2.57 bits per heavy atom. The minimum atomic E-state index is -0.756. The van der Waals surface area contributed by atoms with E-state index in [4.69, 9.17) is 5.73 Å². The summed E-state index contributed by atoms with van der Waals surface area (Å²) >= 11 is 0. The Hall–Kier alpha value is -1.34. The van der Waals surface area contributed by atoms with E-state index in [1.54, 1.807) is 4.90 Å². The zero-order valence-corrected chi connectivity index (χ0v) is 14.1. The van der Waals surface area contributed by atoms with E-state index in [0.29, 0.717) is 25.9 Å². The summed E-state index contributed by atoms with van der Waals surface area (Å²) in [5.74, 6) is -0.418. The zero-order valence-electron chi connectivity index (χ0n) is 13.3. The van der Waals surface area contributed by atoms with Crippen molar-refractivity contribution >= 4 is 30.3 Å². The van der Waals surface area contributed by atoms with Crippen LogP contribution in [0.5, 0.6) is 0 Å². The summed E-state index contributed by atoms with van der Waals surface area (Å²) in [6, 6.07) is -0.438. The number of nitrogens with two attached hydrogens (primary N) is 1. The Bertz CT molecular complexity index is 493. The van der Waals surface area contributed by atoms with Crippen LogP contribution in [0.3, 0.4) is 0 Å². The highest BCUT2D eigenvalue weighted by Gasteiger charge is 2.51. The van der Waals surface area contributed by atoms with Crippen molar-refractivity contribution in [2.75, 3.05) is 19.6 Å². The first-order valence-corrected chi connectivity index (χ1v) is 8.19. The summed E-state index contributed by atoms with van der Waals surface area (Å²) in [4.78, 5) is 39.9. The SMILES string of the molecule is Cl.NC1CCCN(C(=O)CN2C(=O)NC3(CCCCC3)C2=O)C1. The lowest BCUT2D eigenvalue weighted by Crippen LogP contribution is -2.51. The van der Waals surface area contributed by atoms with E-state index in [0.717, 1.165) is 37.0 Å². The fourth-order valence-electron chi connectivity index (χ4n) is 3.79. The topological polar surface area (TPSA) is 95.7 Å². The minimum Gasteiger partial charge on any atom is -0.340 e. The summed E-state index contributed by atoms with van der Waals surface area (Å²) < 4.78 is 0. The van der Waals surface area contributed by atoms with Crippen LogP contribution in [-0.4, -0.2) is 58.9 Å². The summed E-state index contributed by atoms with van der Waals surface area (Å²) in [7, 11) is 0.